The number of halogens is 1. The van der Waals surface area contributed by atoms with Crippen LogP contribution >= 0.6 is 11.6 Å². The van der Waals surface area contributed by atoms with Gasteiger partial charge in [0.05, 0.1) is 0 Å². The number of aromatic amines is 1. The maximum absolute atomic E-state index is 6.05. The number of piperidine rings is 1. The van der Waals surface area contributed by atoms with E-state index in [1.165, 1.54) is 43.4 Å². The van der Waals surface area contributed by atoms with Crippen molar-refractivity contribution in [3.8, 4) is 0 Å². The van der Waals surface area contributed by atoms with Crippen molar-refractivity contribution < 1.29 is 0 Å². The van der Waals surface area contributed by atoms with Crippen LogP contribution in [0.25, 0.3) is 10.9 Å². The smallest absolute Gasteiger partial charge is 0.0472 e. The topological polar surface area (TPSA) is 31.1 Å². The van der Waals surface area contributed by atoms with Gasteiger partial charge in [-0.05, 0) is 56.1 Å². The predicted molar refractivity (Wildman–Crippen MR) is 89.9 cm³/mol. The fourth-order valence-corrected chi connectivity index (χ4v) is 3.45. The molecule has 2 heterocycles. The molecule has 1 aliphatic rings. The monoisotopic (exact) mass is 305 g/mol. The van der Waals surface area contributed by atoms with Crippen molar-refractivity contribution in [2.75, 3.05) is 26.2 Å². The van der Waals surface area contributed by atoms with Crippen LogP contribution in [0.3, 0.4) is 0 Å². The van der Waals surface area contributed by atoms with E-state index >= 15 is 0 Å². The number of benzene rings is 1. The number of fused-ring (bicyclic) bond motifs is 1. The molecule has 1 atom stereocenters. The van der Waals surface area contributed by atoms with Crippen LogP contribution in [0.4, 0.5) is 0 Å². The first-order valence-corrected chi connectivity index (χ1v) is 8.32. The van der Waals surface area contributed by atoms with E-state index in [4.69, 9.17) is 11.6 Å². The summed E-state index contributed by atoms with van der Waals surface area (Å²) in [5.74, 6) is 0.790. The lowest BCUT2D eigenvalue weighted by Crippen LogP contribution is -2.38. The number of aromatic nitrogens is 1. The number of nitrogens with zero attached hydrogens (tertiary/aromatic N) is 1. The number of rotatable bonds is 5. The van der Waals surface area contributed by atoms with Gasteiger partial charge in [-0.25, -0.2) is 0 Å². The molecule has 1 aromatic carbocycles. The lowest BCUT2D eigenvalue weighted by Gasteiger charge is -2.29. The molecule has 2 N–H and O–H groups in total. The van der Waals surface area contributed by atoms with Gasteiger partial charge in [-0.1, -0.05) is 24.6 Å². The highest BCUT2D eigenvalue weighted by molar-refractivity contribution is 6.31. The maximum Gasteiger partial charge on any atom is 0.0472 e. The van der Waals surface area contributed by atoms with Gasteiger partial charge in [-0.2, -0.15) is 0 Å². The molecule has 1 aromatic heterocycles. The van der Waals surface area contributed by atoms with Crippen molar-refractivity contribution in [2.45, 2.75) is 26.3 Å². The van der Waals surface area contributed by atoms with Gasteiger partial charge >= 0.3 is 0 Å². The Kier molecular flexibility index (Phi) is 4.84. The summed E-state index contributed by atoms with van der Waals surface area (Å²) < 4.78 is 0. The Morgan fingerprint density at radius 1 is 1.38 bits per heavy atom. The van der Waals surface area contributed by atoms with Crippen LogP contribution in [0, 0.1) is 5.92 Å². The highest BCUT2D eigenvalue weighted by Crippen LogP contribution is 2.23. The van der Waals surface area contributed by atoms with Gasteiger partial charge in [0, 0.05) is 35.2 Å². The number of hydrogen-bond donors (Lipinski definition) is 2. The summed E-state index contributed by atoms with van der Waals surface area (Å²) in [6, 6.07) is 6.10. The van der Waals surface area contributed by atoms with Gasteiger partial charge in [0.15, 0.2) is 0 Å². The molecule has 1 saturated heterocycles. The second kappa shape index (κ2) is 6.82. The fourth-order valence-electron chi connectivity index (χ4n) is 3.28. The van der Waals surface area contributed by atoms with Crippen molar-refractivity contribution >= 4 is 22.5 Å². The third kappa shape index (κ3) is 3.60. The molecule has 3 rings (SSSR count). The molecule has 0 bridgehead atoms. The van der Waals surface area contributed by atoms with Crippen LogP contribution in [0.5, 0.6) is 0 Å². The van der Waals surface area contributed by atoms with Crippen molar-refractivity contribution in [2.24, 2.45) is 5.92 Å². The molecule has 1 unspecified atom stereocenters. The van der Waals surface area contributed by atoms with Crippen LogP contribution in [0.15, 0.2) is 24.4 Å². The molecule has 0 radical (unpaired) electrons. The minimum absolute atomic E-state index is 0.788. The fraction of sp³-hybridized carbons (Fsp3) is 0.529. The van der Waals surface area contributed by atoms with Crippen LogP contribution in [0.2, 0.25) is 5.02 Å². The van der Waals surface area contributed by atoms with E-state index in [0.717, 1.165) is 29.5 Å². The molecular formula is C17H24ClN3. The molecule has 0 spiro atoms. The second-order valence-corrected chi connectivity index (χ2v) is 6.48. The Hall–Kier alpha value is -1.03. The average molecular weight is 306 g/mol. The molecule has 1 fully saturated rings. The van der Waals surface area contributed by atoms with E-state index < -0.39 is 0 Å². The van der Waals surface area contributed by atoms with E-state index in [1.807, 2.05) is 12.1 Å². The summed E-state index contributed by atoms with van der Waals surface area (Å²) in [7, 11) is 0. The normalized spacial score (nSPS) is 19.5. The minimum Gasteiger partial charge on any atom is -0.361 e. The Balaban J connectivity index is 1.69. The van der Waals surface area contributed by atoms with E-state index in [1.54, 1.807) is 0 Å². The standard InChI is InChI=1S/C17H24ClN3/c1-2-21(11-13-4-3-7-19-9-13)12-14-10-20-17-8-15(18)5-6-16(14)17/h5-6,8,10,13,19-20H,2-4,7,9,11-12H2,1H3. The largest absolute Gasteiger partial charge is 0.361 e. The Morgan fingerprint density at radius 3 is 3.05 bits per heavy atom. The molecule has 0 saturated carbocycles. The molecule has 4 heteroatoms. The predicted octanol–water partition coefficient (Wildman–Crippen LogP) is 3.64. The van der Waals surface area contributed by atoms with Gasteiger partial charge in [-0.15, -0.1) is 0 Å². The average Bonchev–Trinajstić information content (AvgIpc) is 2.89. The molecule has 114 valence electrons. The van der Waals surface area contributed by atoms with E-state index in [-0.39, 0.29) is 0 Å². The quantitative estimate of drug-likeness (QED) is 0.883. The summed E-state index contributed by atoms with van der Waals surface area (Å²) in [5, 5.41) is 5.59. The molecule has 21 heavy (non-hydrogen) atoms. The summed E-state index contributed by atoms with van der Waals surface area (Å²) in [6.07, 6.45) is 4.80. The SMILES string of the molecule is CCN(Cc1c[nH]c2cc(Cl)ccc12)CC1CCCNC1. The van der Waals surface area contributed by atoms with E-state index in [0.29, 0.717) is 0 Å². The van der Waals surface area contributed by atoms with E-state index in [2.05, 4.69) is 34.4 Å². The van der Waals surface area contributed by atoms with Gasteiger partial charge in [-0.3, -0.25) is 4.90 Å². The number of H-pyrrole nitrogens is 1. The van der Waals surface area contributed by atoms with Crippen LogP contribution in [0.1, 0.15) is 25.3 Å². The molecule has 0 aliphatic carbocycles. The zero-order valence-corrected chi connectivity index (χ0v) is 13.4. The Bertz CT molecular complexity index is 587. The van der Waals surface area contributed by atoms with Crippen molar-refractivity contribution in [1.29, 1.82) is 0 Å². The molecule has 1 aliphatic heterocycles. The highest BCUT2D eigenvalue weighted by Gasteiger charge is 2.17. The van der Waals surface area contributed by atoms with Crippen LogP contribution < -0.4 is 5.32 Å². The lowest BCUT2D eigenvalue weighted by molar-refractivity contribution is 0.210. The maximum atomic E-state index is 6.05. The minimum atomic E-state index is 0.788. The molecule has 2 aromatic rings. The first kappa shape index (κ1) is 14.9. The third-order valence-electron chi connectivity index (χ3n) is 4.49. The van der Waals surface area contributed by atoms with Crippen molar-refractivity contribution in [1.82, 2.24) is 15.2 Å². The van der Waals surface area contributed by atoms with Crippen LogP contribution in [-0.4, -0.2) is 36.1 Å². The summed E-state index contributed by atoms with van der Waals surface area (Å²) in [6.45, 7) is 7.89. The third-order valence-corrected chi connectivity index (χ3v) is 4.72. The molecule has 0 amide bonds. The van der Waals surface area contributed by atoms with Gasteiger partial charge in [0.25, 0.3) is 0 Å². The van der Waals surface area contributed by atoms with Crippen LogP contribution in [-0.2, 0) is 6.54 Å². The van der Waals surface area contributed by atoms with Gasteiger partial charge in [0.1, 0.15) is 0 Å². The van der Waals surface area contributed by atoms with Gasteiger partial charge < -0.3 is 10.3 Å². The first-order valence-electron chi connectivity index (χ1n) is 7.95. The summed E-state index contributed by atoms with van der Waals surface area (Å²) in [4.78, 5) is 5.89. The second-order valence-electron chi connectivity index (χ2n) is 6.04. The Morgan fingerprint density at radius 2 is 2.29 bits per heavy atom. The van der Waals surface area contributed by atoms with Crippen molar-refractivity contribution in [3.05, 3.63) is 35.0 Å². The zero-order valence-electron chi connectivity index (χ0n) is 12.7. The lowest BCUT2D eigenvalue weighted by atomic mass is 9.99. The summed E-state index contributed by atoms with van der Waals surface area (Å²) in [5.41, 5.74) is 2.50. The Labute approximate surface area is 131 Å². The number of hydrogen-bond acceptors (Lipinski definition) is 2. The molecule has 3 nitrogen and oxygen atoms in total. The number of nitrogens with one attached hydrogen (secondary N) is 2. The summed E-state index contributed by atoms with van der Waals surface area (Å²) >= 11 is 6.05. The van der Waals surface area contributed by atoms with E-state index in [9.17, 15) is 0 Å². The molecular weight excluding hydrogens is 282 g/mol. The highest BCUT2D eigenvalue weighted by atomic mass is 35.5. The van der Waals surface area contributed by atoms with Gasteiger partial charge in [0.2, 0.25) is 0 Å². The first-order chi connectivity index (χ1) is 10.3. The zero-order chi connectivity index (χ0) is 14.7. The van der Waals surface area contributed by atoms with Crippen molar-refractivity contribution in [3.63, 3.8) is 0 Å².